The Morgan fingerprint density at radius 2 is 2.09 bits per heavy atom. The Morgan fingerprint density at radius 1 is 1.45 bits per heavy atom. The molecule has 0 heterocycles. The molecule has 0 bridgehead atoms. The molecule has 0 unspecified atom stereocenters. The van der Waals surface area contributed by atoms with Crippen molar-refractivity contribution in [3.8, 4) is 0 Å². The standard InChI is InChI=1S/C8H10BrN.ClH/c1-2-6-5-7(9)3-4-8(6)10;/h3-5H,2,10H2,1H3;1H. The summed E-state index contributed by atoms with van der Waals surface area (Å²) < 4.78 is 1.10. The van der Waals surface area contributed by atoms with Crippen LogP contribution in [0.25, 0.3) is 0 Å². The van der Waals surface area contributed by atoms with E-state index >= 15 is 0 Å². The molecule has 0 saturated heterocycles. The van der Waals surface area contributed by atoms with Crippen molar-refractivity contribution in [2.24, 2.45) is 0 Å². The maximum atomic E-state index is 5.68. The van der Waals surface area contributed by atoms with E-state index in [0.29, 0.717) is 0 Å². The number of rotatable bonds is 1. The van der Waals surface area contributed by atoms with Crippen LogP contribution in [0.3, 0.4) is 0 Å². The highest BCUT2D eigenvalue weighted by molar-refractivity contribution is 9.10. The third-order valence-electron chi connectivity index (χ3n) is 1.49. The van der Waals surface area contributed by atoms with Crippen LogP contribution in [0.4, 0.5) is 5.69 Å². The Morgan fingerprint density at radius 3 is 2.55 bits per heavy atom. The first-order valence-corrected chi connectivity index (χ1v) is 4.07. The van der Waals surface area contributed by atoms with Gasteiger partial charge in [0, 0.05) is 10.2 Å². The fourth-order valence-corrected chi connectivity index (χ4v) is 1.29. The number of hydrogen-bond acceptors (Lipinski definition) is 1. The molecule has 0 fully saturated rings. The number of hydrogen-bond donors (Lipinski definition) is 1. The van der Waals surface area contributed by atoms with Crippen molar-refractivity contribution in [3.63, 3.8) is 0 Å². The fourth-order valence-electron chi connectivity index (χ4n) is 0.881. The van der Waals surface area contributed by atoms with Crippen molar-refractivity contribution in [1.29, 1.82) is 0 Å². The van der Waals surface area contributed by atoms with E-state index in [1.165, 1.54) is 5.56 Å². The van der Waals surface area contributed by atoms with Crippen molar-refractivity contribution in [3.05, 3.63) is 28.2 Å². The Kier molecular flexibility index (Phi) is 4.54. The number of anilines is 1. The number of benzene rings is 1. The van der Waals surface area contributed by atoms with Crippen LogP contribution >= 0.6 is 28.3 Å². The molecule has 0 aliphatic heterocycles. The van der Waals surface area contributed by atoms with Gasteiger partial charge < -0.3 is 5.73 Å². The summed E-state index contributed by atoms with van der Waals surface area (Å²) in [4.78, 5) is 0. The van der Waals surface area contributed by atoms with E-state index < -0.39 is 0 Å². The van der Waals surface area contributed by atoms with E-state index in [1.807, 2.05) is 12.1 Å². The predicted molar refractivity (Wildman–Crippen MR) is 55.2 cm³/mol. The van der Waals surface area contributed by atoms with E-state index in [0.717, 1.165) is 16.6 Å². The maximum Gasteiger partial charge on any atom is 0.0347 e. The van der Waals surface area contributed by atoms with Crippen LogP contribution in [-0.4, -0.2) is 0 Å². The molecule has 0 aliphatic rings. The lowest BCUT2D eigenvalue weighted by Crippen LogP contribution is -1.91. The zero-order valence-electron chi connectivity index (χ0n) is 6.30. The van der Waals surface area contributed by atoms with Gasteiger partial charge in [0.1, 0.15) is 0 Å². The average Bonchev–Trinajstić information content (AvgIpc) is 1.94. The van der Waals surface area contributed by atoms with Gasteiger partial charge in [0.05, 0.1) is 0 Å². The number of nitrogen functional groups attached to an aromatic ring is 1. The summed E-state index contributed by atoms with van der Waals surface area (Å²) in [5, 5.41) is 0. The second-order valence-corrected chi connectivity index (χ2v) is 3.11. The summed E-state index contributed by atoms with van der Waals surface area (Å²) in [6.07, 6.45) is 0.991. The molecule has 0 saturated carbocycles. The first kappa shape index (κ1) is 10.8. The fraction of sp³-hybridized carbons (Fsp3) is 0.250. The SMILES string of the molecule is CCc1cc(Br)ccc1N.Cl. The second kappa shape index (κ2) is 4.62. The van der Waals surface area contributed by atoms with Crippen LogP contribution in [0, 0.1) is 0 Å². The minimum absolute atomic E-state index is 0. The summed E-state index contributed by atoms with van der Waals surface area (Å²) in [5.41, 5.74) is 7.76. The van der Waals surface area contributed by atoms with Crippen LogP contribution in [0.1, 0.15) is 12.5 Å². The van der Waals surface area contributed by atoms with Gasteiger partial charge in [0.25, 0.3) is 0 Å². The number of nitrogens with two attached hydrogens (primary N) is 1. The monoisotopic (exact) mass is 235 g/mol. The largest absolute Gasteiger partial charge is 0.399 e. The van der Waals surface area contributed by atoms with Gasteiger partial charge in [0.2, 0.25) is 0 Å². The van der Waals surface area contributed by atoms with E-state index in [9.17, 15) is 0 Å². The van der Waals surface area contributed by atoms with Gasteiger partial charge in [-0.3, -0.25) is 0 Å². The second-order valence-electron chi connectivity index (χ2n) is 2.20. The van der Waals surface area contributed by atoms with E-state index in [1.54, 1.807) is 0 Å². The number of aryl methyl sites for hydroxylation is 1. The zero-order valence-corrected chi connectivity index (χ0v) is 8.71. The lowest BCUT2D eigenvalue weighted by Gasteiger charge is -2.01. The van der Waals surface area contributed by atoms with Crippen molar-refractivity contribution in [2.75, 3.05) is 5.73 Å². The highest BCUT2D eigenvalue weighted by atomic mass is 79.9. The van der Waals surface area contributed by atoms with Gasteiger partial charge in [-0.1, -0.05) is 22.9 Å². The Labute approximate surface area is 81.5 Å². The molecule has 0 spiro atoms. The molecule has 1 aromatic carbocycles. The summed E-state index contributed by atoms with van der Waals surface area (Å²) in [6, 6.07) is 5.92. The maximum absolute atomic E-state index is 5.68. The van der Waals surface area contributed by atoms with Gasteiger partial charge in [-0.05, 0) is 30.2 Å². The van der Waals surface area contributed by atoms with Gasteiger partial charge in [-0.25, -0.2) is 0 Å². The molecule has 0 atom stereocenters. The molecule has 0 aromatic heterocycles. The van der Waals surface area contributed by atoms with Crippen molar-refractivity contribution < 1.29 is 0 Å². The third-order valence-corrected chi connectivity index (χ3v) is 1.98. The first-order chi connectivity index (χ1) is 4.74. The smallest absolute Gasteiger partial charge is 0.0347 e. The van der Waals surface area contributed by atoms with Crippen LogP contribution < -0.4 is 5.73 Å². The molecular formula is C8H11BrClN. The van der Waals surface area contributed by atoms with Gasteiger partial charge >= 0.3 is 0 Å². The molecule has 0 radical (unpaired) electrons. The van der Waals surface area contributed by atoms with Crippen molar-refractivity contribution in [2.45, 2.75) is 13.3 Å². The highest BCUT2D eigenvalue weighted by Crippen LogP contribution is 2.18. The molecule has 1 rings (SSSR count). The minimum atomic E-state index is 0. The predicted octanol–water partition coefficient (Wildman–Crippen LogP) is 3.02. The lowest BCUT2D eigenvalue weighted by atomic mass is 10.1. The summed E-state index contributed by atoms with van der Waals surface area (Å²) in [5.74, 6) is 0. The molecule has 3 heteroatoms. The first-order valence-electron chi connectivity index (χ1n) is 3.28. The summed E-state index contributed by atoms with van der Waals surface area (Å²) in [6.45, 7) is 2.10. The molecular weight excluding hydrogens is 225 g/mol. The average molecular weight is 237 g/mol. The van der Waals surface area contributed by atoms with Gasteiger partial charge in [-0.2, -0.15) is 0 Å². The topological polar surface area (TPSA) is 26.0 Å². The molecule has 1 nitrogen and oxygen atoms in total. The van der Waals surface area contributed by atoms with Crippen LogP contribution in [0.2, 0.25) is 0 Å². The quantitative estimate of drug-likeness (QED) is 0.745. The third kappa shape index (κ3) is 2.72. The molecule has 0 amide bonds. The van der Waals surface area contributed by atoms with E-state index in [-0.39, 0.29) is 12.4 Å². The number of halogens is 2. The molecule has 1 aromatic rings. The molecule has 11 heavy (non-hydrogen) atoms. The molecule has 0 aliphatic carbocycles. The van der Waals surface area contributed by atoms with E-state index in [2.05, 4.69) is 28.9 Å². The van der Waals surface area contributed by atoms with Crippen LogP contribution in [0.15, 0.2) is 22.7 Å². The minimum Gasteiger partial charge on any atom is -0.399 e. The zero-order chi connectivity index (χ0) is 7.56. The van der Waals surface area contributed by atoms with Crippen molar-refractivity contribution in [1.82, 2.24) is 0 Å². The molecule has 2 N–H and O–H groups in total. The lowest BCUT2D eigenvalue weighted by molar-refractivity contribution is 1.14. The van der Waals surface area contributed by atoms with Gasteiger partial charge in [-0.15, -0.1) is 12.4 Å². The van der Waals surface area contributed by atoms with Crippen LogP contribution in [0.5, 0.6) is 0 Å². The Balaban J connectivity index is 0.000001000. The summed E-state index contributed by atoms with van der Waals surface area (Å²) >= 11 is 3.38. The Bertz CT molecular complexity index is 238. The van der Waals surface area contributed by atoms with Gasteiger partial charge in [0.15, 0.2) is 0 Å². The highest BCUT2D eigenvalue weighted by Gasteiger charge is 1.95. The van der Waals surface area contributed by atoms with Crippen molar-refractivity contribution >= 4 is 34.0 Å². The summed E-state index contributed by atoms with van der Waals surface area (Å²) in [7, 11) is 0. The van der Waals surface area contributed by atoms with Crippen LogP contribution in [-0.2, 0) is 6.42 Å². The normalized spacial score (nSPS) is 8.91. The molecule has 62 valence electrons. The Hall–Kier alpha value is -0.210. The van der Waals surface area contributed by atoms with E-state index in [4.69, 9.17) is 5.73 Å².